The number of halogens is 3. The van der Waals surface area contributed by atoms with E-state index in [2.05, 4.69) is 4.72 Å². The van der Waals surface area contributed by atoms with Gasteiger partial charge in [-0.15, -0.1) is 11.6 Å². The Morgan fingerprint density at radius 2 is 2.00 bits per heavy atom. The van der Waals surface area contributed by atoms with E-state index in [0.717, 1.165) is 18.6 Å². The van der Waals surface area contributed by atoms with E-state index in [-0.39, 0.29) is 11.4 Å². The molecule has 1 N–H and O–H groups in total. The van der Waals surface area contributed by atoms with Crippen molar-refractivity contribution in [2.75, 3.05) is 12.4 Å². The smallest absolute Gasteiger partial charge is 0.211 e. The molecule has 19 heavy (non-hydrogen) atoms. The van der Waals surface area contributed by atoms with Crippen LogP contribution in [0.25, 0.3) is 0 Å². The van der Waals surface area contributed by atoms with Gasteiger partial charge in [-0.2, -0.15) is 0 Å². The number of sulfonamides is 1. The van der Waals surface area contributed by atoms with Crippen LogP contribution in [-0.2, 0) is 10.0 Å². The fourth-order valence-corrected chi connectivity index (χ4v) is 2.70. The third-order valence-corrected chi connectivity index (χ3v) is 4.62. The Bertz CT molecular complexity index is 522. The van der Waals surface area contributed by atoms with Crippen LogP contribution >= 0.6 is 11.6 Å². The minimum Gasteiger partial charge on any atom is -0.211 e. The van der Waals surface area contributed by atoms with Crippen molar-refractivity contribution in [3.8, 4) is 0 Å². The van der Waals surface area contributed by atoms with Crippen molar-refractivity contribution in [1.29, 1.82) is 0 Å². The van der Waals surface area contributed by atoms with Crippen LogP contribution in [0, 0.1) is 17.6 Å². The molecule has 1 aromatic carbocycles. The molecule has 7 heteroatoms. The van der Waals surface area contributed by atoms with E-state index < -0.39 is 21.7 Å². The first-order valence-corrected chi connectivity index (χ1v) is 7.89. The number of nitrogens with one attached hydrogen (secondary N) is 1. The standard InChI is InChI=1S/C12H16ClF2NO2S/c1-9(8-13)3-2-6-16-19(17,18)10-4-5-11(14)12(15)7-10/h4-5,7,9,16H,2-3,6,8H2,1H3. The zero-order chi connectivity index (χ0) is 14.5. The van der Waals surface area contributed by atoms with Gasteiger partial charge in [0.2, 0.25) is 10.0 Å². The van der Waals surface area contributed by atoms with Crippen LogP contribution in [0.2, 0.25) is 0 Å². The first kappa shape index (κ1) is 16.3. The molecule has 0 aliphatic carbocycles. The van der Waals surface area contributed by atoms with Crippen LogP contribution in [0.1, 0.15) is 19.8 Å². The van der Waals surface area contributed by atoms with Crippen LogP contribution in [0.4, 0.5) is 8.78 Å². The maximum absolute atomic E-state index is 13.0. The molecule has 1 rings (SSSR count). The number of hydrogen-bond acceptors (Lipinski definition) is 2. The molecule has 0 aliphatic heterocycles. The van der Waals surface area contributed by atoms with Crippen molar-refractivity contribution in [2.24, 2.45) is 5.92 Å². The average molecular weight is 312 g/mol. The molecule has 1 atom stereocenters. The van der Waals surface area contributed by atoms with Crippen molar-refractivity contribution in [1.82, 2.24) is 4.72 Å². The minimum atomic E-state index is -3.79. The molecule has 0 fully saturated rings. The fraction of sp³-hybridized carbons (Fsp3) is 0.500. The zero-order valence-electron chi connectivity index (χ0n) is 10.5. The summed E-state index contributed by atoms with van der Waals surface area (Å²) >= 11 is 5.63. The fourth-order valence-electron chi connectivity index (χ4n) is 1.46. The van der Waals surface area contributed by atoms with Gasteiger partial charge in [-0.3, -0.25) is 0 Å². The third-order valence-electron chi connectivity index (χ3n) is 2.63. The molecule has 0 heterocycles. The molecule has 0 aliphatic rings. The van der Waals surface area contributed by atoms with E-state index >= 15 is 0 Å². The lowest BCUT2D eigenvalue weighted by molar-refractivity contribution is 0.503. The summed E-state index contributed by atoms with van der Waals surface area (Å²) in [5, 5.41) is 0. The summed E-state index contributed by atoms with van der Waals surface area (Å²) in [6.45, 7) is 2.21. The first-order chi connectivity index (χ1) is 8.86. The van der Waals surface area contributed by atoms with E-state index in [0.29, 0.717) is 24.3 Å². The Morgan fingerprint density at radius 3 is 2.58 bits per heavy atom. The lowest BCUT2D eigenvalue weighted by Crippen LogP contribution is -2.25. The molecular weight excluding hydrogens is 296 g/mol. The van der Waals surface area contributed by atoms with E-state index in [1.165, 1.54) is 0 Å². The van der Waals surface area contributed by atoms with E-state index in [1.54, 1.807) is 0 Å². The van der Waals surface area contributed by atoms with Crippen molar-refractivity contribution in [3.63, 3.8) is 0 Å². The third kappa shape index (κ3) is 5.04. The molecule has 0 saturated heterocycles. The second kappa shape index (κ2) is 7.17. The molecule has 0 saturated carbocycles. The van der Waals surface area contributed by atoms with E-state index in [1.807, 2.05) is 6.92 Å². The SMILES string of the molecule is CC(CCl)CCCNS(=O)(=O)c1ccc(F)c(F)c1. The molecule has 3 nitrogen and oxygen atoms in total. The quantitative estimate of drug-likeness (QED) is 0.621. The van der Waals surface area contributed by atoms with E-state index in [9.17, 15) is 17.2 Å². The zero-order valence-corrected chi connectivity index (χ0v) is 12.1. The second-order valence-corrected chi connectivity index (χ2v) is 6.45. The summed E-state index contributed by atoms with van der Waals surface area (Å²) in [5.41, 5.74) is 0. The van der Waals surface area contributed by atoms with Gasteiger partial charge in [-0.05, 0) is 37.0 Å². The normalized spacial score (nSPS) is 13.5. The highest BCUT2D eigenvalue weighted by molar-refractivity contribution is 7.89. The van der Waals surface area contributed by atoms with Crippen molar-refractivity contribution < 1.29 is 17.2 Å². The van der Waals surface area contributed by atoms with Crippen LogP contribution in [0.15, 0.2) is 23.1 Å². The van der Waals surface area contributed by atoms with Gasteiger partial charge in [0.15, 0.2) is 11.6 Å². The largest absolute Gasteiger partial charge is 0.240 e. The minimum absolute atomic E-state index is 0.239. The summed E-state index contributed by atoms with van der Waals surface area (Å²) in [7, 11) is -3.79. The summed E-state index contributed by atoms with van der Waals surface area (Å²) in [4.78, 5) is -0.281. The predicted octanol–water partition coefficient (Wildman–Crippen LogP) is 2.90. The highest BCUT2D eigenvalue weighted by Gasteiger charge is 2.15. The summed E-state index contributed by atoms with van der Waals surface area (Å²) in [6.07, 6.45) is 1.43. The lowest BCUT2D eigenvalue weighted by Gasteiger charge is -2.09. The number of rotatable bonds is 7. The van der Waals surface area contributed by atoms with Gasteiger partial charge in [0.05, 0.1) is 4.90 Å². The molecule has 0 bridgehead atoms. The van der Waals surface area contributed by atoms with Gasteiger partial charge in [-0.1, -0.05) is 6.92 Å². The Labute approximate surface area is 117 Å². The second-order valence-electron chi connectivity index (χ2n) is 4.38. The molecule has 0 aromatic heterocycles. The summed E-state index contributed by atoms with van der Waals surface area (Å²) in [6, 6.07) is 2.49. The molecule has 0 amide bonds. The van der Waals surface area contributed by atoms with Crippen LogP contribution < -0.4 is 4.72 Å². The lowest BCUT2D eigenvalue weighted by atomic mass is 10.1. The van der Waals surface area contributed by atoms with Crippen LogP contribution in [0.5, 0.6) is 0 Å². The molecule has 0 spiro atoms. The van der Waals surface area contributed by atoms with Gasteiger partial charge >= 0.3 is 0 Å². The number of benzene rings is 1. The highest BCUT2D eigenvalue weighted by Crippen LogP contribution is 2.14. The Kier molecular flexibility index (Phi) is 6.16. The van der Waals surface area contributed by atoms with Gasteiger partial charge in [0, 0.05) is 12.4 Å². The Balaban J connectivity index is 2.58. The van der Waals surface area contributed by atoms with Gasteiger partial charge < -0.3 is 0 Å². The topological polar surface area (TPSA) is 46.2 Å². The van der Waals surface area contributed by atoms with Crippen molar-refractivity contribution in [2.45, 2.75) is 24.7 Å². The van der Waals surface area contributed by atoms with Crippen LogP contribution in [0.3, 0.4) is 0 Å². The Morgan fingerprint density at radius 1 is 1.32 bits per heavy atom. The maximum Gasteiger partial charge on any atom is 0.240 e. The van der Waals surface area contributed by atoms with Crippen molar-refractivity contribution in [3.05, 3.63) is 29.8 Å². The Hall–Kier alpha value is -0.720. The molecule has 0 radical (unpaired) electrons. The van der Waals surface area contributed by atoms with Gasteiger partial charge in [0.25, 0.3) is 0 Å². The van der Waals surface area contributed by atoms with Gasteiger partial charge in [0.1, 0.15) is 0 Å². The van der Waals surface area contributed by atoms with Crippen LogP contribution in [-0.4, -0.2) is 20.8 Å². The molecule has 1 unspecified atom stereocenters. The molecule has 1 aromatic rings. The number of hydrogen-bond donors (Lipinski definition) is 1. The number of alkyl halides is 1. The molecule has 108 valence electrons. The molecular formula is C12H16ClF2NO2S. The van der Waals surface area contributed by atoms with Gasteiger partial charge in [-0.25, -0.2) is 21.9 Å². The summed E-state index contributed by atoms with van der Waals surface area (Å²) < 4.78 is 51.6. The first-order valence-electron chi connectivity index (χ1n) is 5.87. The highest BCUT2D eigenvalue weighted by atomic mass is 35.5. The summed E-state index contributed by atoms with van der Waals surface area (Å²) in [5.74, 6) is -1.42. The maximum atomic E-state index is 13.0. The predicted molar refractivity (Wildman–Crippen MR) is 70.7 cm³/mol. The van der Waals surface area contributed by atoms with Crippen molar-refractivity contribution >= 4 is 21.6 Å². The monoisotopic (exact) mass is 311 g/mol. The van der Waals surface area contributed by atoms with E-state index in [4.69, 9.17) is 11.6 Å². The average Bonchev–Trinajstić information content (AvgIpc) is 2.37.